The van der Waals surface area contributed by atoms with Crippen LogP contribution >= 0.6 is 0 Å². The van der Waals surface area contributed by atoms with Crippen LogP contribution in [0.1, 0.15) is 10.5 Å². The molecular formula is C13H10N4O2. The molecule has 0 bridgehead atoms. The number of nitrogens with zero attached hydrogens (tertiary/aromatic N) is 2. The number of carbonyl (C=O) groups is 1. The Balaban J connectivity index is 1.75. The highest BCUT2D eigenvalue weighted by molar-refractivity contribution is 6.02. The molecule has 1 amide bonds. The largest absolute Gasteiger partial charge is 0.364 e. The van der Waals surface area contributed by atoms with Crippen LogP contribution in [0.5, 0.6) is 0 Å². The van der Waals surface area contributed by atoms with E-state index < -0.39 is 0 Å². The van der Waals surface area contributed by atoms with E-state index in [1.54, 1.807) is 6.20 Å². The van der Waals surface area contributed by atoms with Crippen LogP contribution < -0.4 is 5.32 Å². The van der Waals surface area contributed by atoms with E-state index in [1.807, 2.05) is 30.3 Å². The van der Waals surface area contributed by atoms with Crippen LogP contribution in [0.2, 0.25) is 0 Å². The Morgan fingerprint density at radius 3 is 2.63 bits per heavy atom. The van der Waals surface area contributed by atoms with Gasteiger partial charge in [0.2, 0.25) is 0 Å². The summed E-state index contributed by atoms with van der Waals surface area (Å²) >= 11 is 0. The zero-order valence-corrected chi connectivity index (χ0v) is 9.83. The maximum absolute atomic E-state index is 11.7. The Hall–Kier alpha value is -2.89. The van der Waals surface area contributed by atoms with Crippen molar-refractivity contribution in [1.29, 1.82) is 0 Å². The third-order valence-electron chi connectivity index (χ3n) is 2.62. The van der Waals surface area contributed by atoms with Crippen molar-refractivity contribution in [3.63, 3.8) is 0 Å². The first-order valence-electron chi connectivity index (χ1n) is 5.64. The fourth-order valence-electron chi connectivity index (χ4n) is 1.67. The number of aromatic nitrogens is 3. The summed E-state index contributed by atoms with van der Waals surface area (Å²) in [6.07, 6.45) is 3.05. The number of nitrogens with one attached hydrogen (secondary N) is 2. The third kappa shape index (κ3) is 2.37. The van der Waals surface area contributed by atoms with Gasteiger partial charge in [-0.15, -0.1) is 0 Å². The molecule has 3 rings (SSSR count). The van der Waals surface area contributed by atoms with Gasteiger partial charge in [0, 0.05) is 18.0 Å². The van der Waals surface area contributed by atoms with Gasteiger partial charge in [-0.3, -0.25) is 9.89 Å². The van der Waals surface area contributed by atoms with Crippen molar-refractivity contribution in [3.8, 4) is 11.3 Å². The summed E-state index contributed by atoms with van der Waals surface area (Å²) in [5.74, 6) is -0.303. The van der Waals surface area contributed by atoms with Crippen molar-refractivity contribution in [2.45, 2.75) is 0 Å². The first kappa shape index (κ1) is 11.2. The number of hydrogen-bond donors (Lipinski definition) is 2. The first-order chi connectivity index (χ1) is 9.33. The zero-order chi connectivity index (χ0) is 13.1. The van der Waals surface area contributed by atoms with E-state index >= 15 is 0 Å². The van der Waals surface area contributed by atoms with Gasteiger partial charge in [0.15, 0.2) is 5.69 Å². The van der Waals surface area contributed by atoms with E-state index in [9.17, 15) is 4.79 Å². The maximum atomic E-state index is 11.7. The summed E-state index contributed by atoms with van der Waals surface area (Å²) in [7, 11) is 0. The Bertz CT molecular complexity index is 657. The molecule has 0 aliphatic carbocycles. The van der Waals surface area contributed by atoms with Gasteiger partial charge in [0.05, 0.1) is 5.69 Å². The van der Waals surface area contributed by atoms with Crippen LogP contribution in [0.15, 0.2) is 53.4 Å². The van der Waals surface area contributed by atoms with Gasteiger partial charge in [-0.1, -0.05) is 17.3 Å². The fourth-order valence-corrected chi connectivity index (χ4v) is 1.67. The molecule has 0 atom stereocenters. The van der Waals surface area contributed by atoms with Crippen LogP contribution in [0, 0.1) is 0 Å². The Labute approximate surface area is 108 Å². The monoisotopic (exact) mass is 254 g/mol. The predicted molar refractivity (Wildman–Crippen MR) is 68.5 cm³/mol. The molecule has 0 aliphatic heterocycles. The van der Waals surface area contributed by atoms with Crippen molar-refractivity contribution in [2.75, 3.05) is 5.32 Å². The van der Waals surface area contributed by atoms with Gasteiger partial charge >= 0.3 is 0 Å². The topological polar surface area (TPSA) is 83.8 Å². The molecule has 0 unspecified atom stereocenters. The van der Waals surface area contributed by atoms with Crippen LogP contribution in [-0.2, 0) is 0 Å². The van der Waals surface area contributed by atoms with Crippen molar-refractivity contribution in [1.82, 2.24) is 15.4 Å². The zero-order valence-electron chi connectivity index (χ0n) is 9.83. The molecule has 2 aromatic heterocycles. The normalized spacial score (nSPS) is 10.3. The number of H-pyrrole nitrogens is 1. The average molecular weight is 254 g/mol. The molecule has 94 valence electrons. The Morgan fingerprint density at radius 1 is 1.16 bits per heavy atom. The van der Waals surface area contributed by atoms with Crippen molar-refractivity contribution >= 4 is 11.6 Å². The predicted octanol–water partition coefficient (Wildman–Crippen LogP) is 2.32. The van der Waals surface area contributed by atoms with Gasteiger partial charge in [-0.2, -0.15) is 5.10 Å². The SMILES string of the molecule is O=C(Nc1ccc(-c2ccn[nH]2)cc1)c1ccon1. The molecule has 0 radical (unpaired) electrons. The van der Waals surface area contributed by atoms with Crippen LogP contribution in [0.3, 0.4) is 0 Å². The summed E-state index contributed by atoms with van der Waals surface area (Å²) in [6, 6.07) is 10.8. The lowest BCUT2D eigenvalue weighted by atomic mass is 10.1. The molecule has 0 aliphatic rings. The third-order valence-corrected chi connectivity index (χ3v) is 2.62. The molecule has 6 nitrogen and oxygen atoms in total. The molecule has 0 fully saturated rings. The van der Waals surface area contributed by atoms with E-state index in [-0.39, 0.29) is 11.6 Å². The highest BCUT2D eigenvalue weighted by atomic mass is 16.5. The minimum absolute atomic E-state index is 0.248. The summed E-state index contributed by atoms with van der Waals surface area (Å²) in [6.45, 7) is 0. The lowest BCUT2D eigenvalue weighted by Crippen LogP contribution is -2.11. The molecule has 0 saturated heterocycles. The second-order valence-electron chi connectivity index (χ2n) is 3.89. The number of hydrogen-bond acceptors (Lipinski definition) is 4. The first-order valence-corrected chi connectivity index (χ1v) is 5.64. The van der Waals surface area contributed by atoms with E-state index in [4.69, 9.17) is 0 Å². The quantitative estimate of drug-likeness (QED) is 0.751. The molecule has 2 N–H and O–H groups in total. The highest BCUT2D eigenvalue weighted by Crippen LogP contribution is 2.19. The van der Waals surface area contributed by atoms with E-state index in [2.05, 4.69) is 25.2 Å². The standard InChI is InChI=1S/C13H10N4O2/c18-13(12-6-8-19-17-12)15-10-3-1-9(2-4-10)11-5-7-14-16-11/h1-8H,(H,14,16)(H,15,18). The Kier molecular flexibility index (Phi) is 2.82. The molecule has 2 heterocycles. The molecule has 0 saturated carbocycles. The minimum Gasteiger partial charge on any atom is -0.364 e. The van der Waals surface area contributed by atoms with E-state index in [1.165, 1.54) is 12.3 Å². The lowest BCUT2D eigenvalue weighted by molar-refractivity contribution is 0.101. The average Bonchev–Trinajstić information content (AvgIpc) is 3.13. The summed E-state index contributed by atoms with van der Waals surface area (Å²) in [5.41, 5.74) is 2.86. The second-order valence-corrected chi connectivity index (χ2v) is 3.89. The van der Waals surface area contributed by atoms with Gasteiger partial charge in [-0.05, 0) is 23.8 Å². The molecule has 6 heteroatoms. The summed E-state index contributed by atoms with van der Waals surface area (Å²) in [4.78, 5) is 11.7. The van der Waals surface area contributed by atoms with Gasteiger partial charge in [0.1, 0.15) is 6.26 Å². The lowest BCUT2D eigenvalue weighted by Gasteiger charge is -2.03. The van der Waals surface area contributed by atoms with Crippen LogP contribution in [-0.4, -0.2) is 21.3 Å². The van der Waals surface area contributed by atoms with Crippen LogP contribution in [0.4, 0.5) is 5.69 Å². The summed E-state index contributed by atoms with van der Waals surface area (Å²) < 4.78 is 4.62. The maximum Gasteiger partial charge on any atom is 0.277 e. The van der Waals surface area contributed by atoms with Gasteiger partial charge in [-0.25, -0.2) is 0 Å². The molecular weight excluding hydrogens is 244 g/mol. The summed E-state index contributed by atoms with van der Waals surface area (Å²) in [5, 5.41) is 13.1. The van der Waals surface area contributed by atoms with Crippen LogP contribution in [0.25, 0.3) is 11.3 Å². The molecule has 3 aromatic rings. The van der Waals surface area contributed by atoms with Crippen molar-refractivity contribution in [3.05, 3.63) is 54.6 Å². The smallest absolute Gasteiger partial charge is 0.277 e. The van der Waals surface area contributed by atoms with Gasteiger partial charge in [0.25, 0.3) is 5.91 Å². The number of amides is 1. The number of anilines is 1. The fraction of sp³-hybridized carbons (Fsp3) is 0. The number of aromatic amines is 1. The number of rotatable bonds is 3. The molecule has 19 heavy (non-hydrogen) atoms. The highest BCUT2D eigenvalue weighted by Gasteiger charge is 2.09. The molecule has 0 spiro atoms. The second kappa shape index (κ2) is 4.77. The van der Waals surface area contributed by atoms with E-state index in [0.29, 0.717) is 5.69 Å². The number of benzene rings is 1. The number of carbonyl (C=O) groups excluding carboxylic acids is 1. The van der Waals surface area contributed by atoms with Gasteiger partial charge < -0.3 is 9.84 Å². The molecule has 1 aromatic carbocycles. The van der Waals surface area contributed by atoms with E-state index in [0.717, 1.165) is 11.3 Å². The van der Waals surface area contributed by atoms with Crippen molar-refractivity contribution < 1.29 is 9.32 Å². The Morgan fingerprint density at radius 2 is 2.00 bits per heavy atom. The van der Waals surface area contributed by atoms with Crippen molar-refractivity contribution in [2.24, 2.45) is 0 Å². The minimum atomic E-state index is -0.303.